The summed E-state index contributed by atoms with van der Waals surface area (Å²) in [6.07, 6.45) is 4.25. The fraction of sp³-hybridized carbons (Fsp3) is 0.296. The number of nitrogens with one attached hydrogen (secondary N) is 3. The van der Waals surface area contributed by atoms with Crippen LogP contribution in [-0.2, 0) is 9.59 Å². The minimum atomic E-state index is -1.32. The number of hydrogen-bond donors (Lipinski definition) is 3. The van der Waals surface area contributed by atoms with Gasteiger partial charge in [-0.1, -0.05) is 53.0 Å². The van der Waals surface area contributed by atoms with Gasteiger partial charge in [0.05, 0.1) is 32.1 Å². The second kappa shape index (κ2) is 10.7. The van der Waals surface area contributed by atoms with Crippen LogP contribution in [0.25, 0.3) is 0 Å². The maximum atomic E-state index is 13.1. The number of carbonyl (C=O) groups is 3. The summed E-state index contributed by atoms with van der Waals surface area (Å²) in [5.41, 5.74) is 2.09. The van der Waals surface area contributed by atoms with Crippen LogP contribution in [0.2, 0.25) is 15.1 Å². The largest absolute Gasteiger partial charge is 0.347 e. The van der Waals surface area contributed by atoms with Crippen molar-refractivity contribution in [1.29, 1.82) is 0 Å². The quantitative estimate of drug-likeness (QED) is 0.305. The minimum Gasteiger partial charge on any atom is -0.347 e. The third kappa shape index (κ3) is 6.00. The van der Waals surface area contributed by atoms with Crippen LogP contribution < -0.4 is 16.0 Å². The number of benzene rings is 2. The van der Waals surface area contributed by atoms with Gasteiger partial charge >= 0.3 is 0 Å². The number of halogens is 5. The molecule has 2 aliphatic carbocycles. The van der Waals surface area contributed by atoms with Gasteiger partial charge in [0.2, 0.25) is 11.8 Å². The van der Waals surface area contributed by atoms with Crippen molar-refractivity contribution in [2.24, 2.45) is 5.92 Å². The predicted molar refractivity (Wildman–Crippen MR) is 153 cm³/mol. The van der Waals surface area contributed by atoms with Crippen molar-refractivity contribution in [2.45, 2.75) is 43.0 Å². The number of alkyl halides is 2. The van der Waals surface area contributed by atoms with Gasteiger partial charge in [-0.25, -0.2) is 0 Å². The van der Waals surface area contributed by atoms with Crippen LogP contribution in [0.1, 0.15) is 49.0 Å². The smallest absolute Gasteiger partial charge is 0.257 e. The van der Waals surface area contributed by atoms with Crippen molar-refractivity contribution in [3.63, 3.8) is 0 Å². The fourth-order valence-corrected chi connectivity index (χ4v) is 6.03. The molecule has 0 heterocycles. The molecule has 3 atom stereocenters. The SMILES string of the molecule is CC(=O)NC1(C)C=C(C)C(NC(=O)c2cc(NC(=O)C3C(c4ccc(Cl)c(Cl)c4)C3(Cl)Cl)ccc2Cl)=CC1. The fourth-order valence-electron chi connectivity index (χ4n) is 4.69. The Balaban J connectivity index is 1.46. The van der Waals surface area contributed by atoms with Crippen LogP contribution in [0.5, 0.6) is 0 Å². The van der Waals surface area contributed by atoms with E-state index in [4.69, 9.17) is 58.0 Å². The van der Waals surface area contributed by atoms with Crippen molar-refractivity contribution < 1.29 is 14.4 Å². The van der Waals surface area contributed by atoms with E-state index in [1.807, 2.05) is 26.0 Å². The summed E-state index contributed by atoms with van der Waals surface area (Å²) < 4.78 is -1.32. The zero-order valence-electron chi connectivity index (χ0n) is 20.6. The Kier molecular flexibility index (Phi) is 8.14. The third-order valence-electron chi connectivity index (χ3n) is 6.52. The van der Waals surface area contributed by atoms with E-state index >= 15 is 0 Å². The first-order valence-electron chi connectivity index (χ1n) is 11.6. The van der Waals surface area contributed by atoms with E-state index in [2.05, 4.69) is 16.0 Å². The van der Waals surface area contributed by atoms with Crippen molar-refractivity contribution in [3.8, 4) is 0 Å². The molecule has 0 aromatic heterocycles. The Labute approximate surface area is 245 Å². The molecule has 2 aromatic carbocycles. The number of rotatable bonds is 6. The van der Waals surface area contributed by atoms with Gasteiger partial charge in [-0.15, -0.1) is 23.2 Å². The van der Waals surface area contributed by atoms with Gasteiger partial charge in [0.1, 0.15) is 4.33 Å². The van der Waals surface area contributed by atoms with E-state index < -0.39 is 33.5 Å². The average molecular weight is 616 g/mol. The Morgan fingerprint density at radius 1 is 0.947 bits per heavy atom. The summed E-state index contributed by atoms with van der Waals surface area (Å²) in [5.74, 6) is -2.22. The Bertz CT molecular complexity index is 1400. The molecule has 3 amide bonds. The third-order valence-corrected chi connectivity index (χ3v) is 8.53. The van der Waals surface area contributed by atoms with Gasteiger partial charge in [-0.2, -0.15) is 0 Å². The van der Waals surface area contributed by atoms with Crippen LogP contribution in [0.15, 0.2) is 59.8 Å². The van der Waals surface area contributed by atoms with E-state index in [1.54, 1.807) is 24.3 Å². The topological polar surface area (TPSA) is 87.3 Å². The highest BCUT2D eigenvalue weighted by Crippen LogP contribution is 2.65. The maximum absolute atomic E-state index is 13.1. The number of anilines is 1. The van der Waals surface area contributed by atoms with Crippen molar-refractivity contribution in [1.82, 2.24) is 10.6 Å². The van der Waals surface area contributed by atoms with Gasteiger partial charge in [0, 0.05) is 24.2 Å². The second-order valence-corrected chi connectivity index (χ2v) is 12.4. The van der Waals surface area contributed by atoms with Crippen molar-refractivity contribution in [3.05, 3.63) is 86.0 Å². The molecule has 0 spiro atoms. The molecule has 38 heavy (non-hydrogen) atoms. The van der Waals surface area contributed by atoms with Crippen LogP contribution in [0.3, 0.4) is 0 Å². The molecule has 0 radical (unpaired) electrons. The molecule has 3 unspecified atom stereocenters. The summed E-state index contributed by atoms with van der Waals surface area (Å²) >= 11 is 31.3. The van der Waals surface area contributed by atoms with Gasteiger partial charge in [-0.3, -0.25) is 14.4 Å². The lowest BCUT2D eigenvalue weighted by atomic mass is 9.88. The van der Waals surface area contributed by atoms with Crippen molar-refractivity contribution in [2.75, 3.05) is 5.32 Å². The van der Waals surface area contributed by atoms with E-state index in [1.165, 1.54) is 19.1 Å². The first kappa shape index (κ1) is 28.8. The van der Waals surface area contributed by atoms with Crippen LogP contribution in [-0.4, -0.2) is 27.6 Å². The molecule has 1 fully saturated rings. The highest BCUT2D eigenvalue weighted by molar-refractivity contribution is 6.53. The number of allylic oxidation sites excluding steroid dienone is 1. The lowest BCUT2D eigenvalue weighted by Gasteiger charge is -2.31. The van der Waals surface area contributed by atoms with Crippen LogP contribution in [0, 0.1) is 5.92 Å². The Morgan fingerprint density at radius 3 is 2.26 bits per heavy atom. The molecule has 4 rings (SSSR count). The number of amides is 3. The van der Waals surface area contributed by atoms with Gasteiger partial charge in [-0.05, 0) is 61.7 Å². The zero-order valence-corrected chi connectivity index (χ0v) is 24.4. The molecule has 3 N–H and O–H groups in total. The molecule has 2 aromatic rings. The highest BCUT2D eigenvalue weighted by atomic mass is 35.5. The lowest BCUT2D eigenvalue weighted by molar-refractivity contribution is -0.120. The molecule has 0 aliphatic heterocycles. The molecule has 1 saturated carbocycles. The van der Waals surface area contributed by atoms with Gasteiger partial charge in [0.15, 0.2) is 0 Å². The monoisotopic (exact) mass is 613 g/mol. The molecule has 6 nitrogen and oxygen atoms in total. The Hall–Kier alpha value is -2.22. The second-order valence-electron chi connectivity index (χ2n) is 9.69. The summed E-state index contributed by atoms with van der Waals surface area (Å²) in [6.45, 7) is 5.20. The standard InChI is InChI=1S/C27H24Cl5N3O3/c1-13-12-26(3,35-14(2)36)9-8-21(13)34-24(37)17-11-16(5-7-18(17)28)33-25(38)23-22(27(23,31)32)15-4-6-19(29)20(30)10-15/h4-8,10-12,22-23H,9H2,1-3H3,(H,33,38)(H,34,37)(H,35,36). The highest BCUT2D eigenvalue weighted by Gasteiger charge is 2.67. The van der Waals surface area contributed by atoms with E-state index in [0.717, 1.165) is 5.57 Å². The van der Waals surface area contributed by atoms with E-state index in [0.29, 0.717) is 33.4 Å². The summed E-state index contributed by atoms with van der Waals surface area (Å²) in [5, 5.41) is 9.48. The van der Waals surface area contributed by atoms with Gasteiger partial charge in [0.25, 0.3) is 5.91 Å². The van der Waals surface area contributed by atoms with E-state index in [9.17, 15) is 14.4 Å². The minimum absolute atomic E-state index is 0.141. The lowest BCUT2D eigenvalue weighted by Crippen LogP contribution is -2.45. The number of carbonyl (C=O) groups excluding carboxylic acids is 3. The summed E-state index contributed by atoms with van der Waals surface area (Å²) in [4.78, 5) is 37.7. The molecule has 0 saturated heterocycles. The molecular formula is C27H24Cl5N3O3. The average Bonchev–Trinajstić information content (AvgIpc) is 3.40. The van der Waals surface area contributed by atoms with Crippen LogP contribution >= 0.6 is 58.0 Å². The normalized spacial score (nSPS) is 23.6. The first-order chi connectivity index (χ1) is 17.7. The first-order valence-corrected chi connectivity index (χ1v) is 13.5. The molecular weight excluding hydrogens is 592 g/mol. The van der Waals surface area contributed by atoms with Gasteiger partial charge < -0.3 is 16.0 Å². The maximum Gasteiger partial charge on any atom is 0.257 e. The molecule has 11 heteroatoms. The number of hydrogen-bond acceptors (Lipinski definition) is 3. The summed E-state index contributed by atoms with van der Waals surface area (Å²) in [6, 6.07) is 9.59. The molecule has 2 aliphatic rings. The van der Waals surface area contributed by atoms with Crippen molar-refractivity contribution >= 4 is 81.4 Å². The summed E-state index contributed by atoms with van der Waals surface area (Å²) in [7, 11) is 0. The molecule has 200 valence electrons. The zero-order chi connectivity index (χ0) is 28.0. The Morgan fingerprint density at radius 2 is 1.63 bits per heavy atom. The van der Waals surface area contributed by atoms with E-state index in [-0.39, 0.29) is 16.5 Å². The van der Waals surface area contributed by atoms with Crippen LogP contribution in [0.4, 0.5) is 5.69 Å². The molecule has 0 bridgehead atoms. The predicted octanol–water partition coefficient (Wildman–Crippen LogP) is 7.03.